The summed E-state index contributed by atoms with van der Waals surface area (Å²) in [5.74, 6) is 4.02. The highest BCUT2D eigenvalue weighted by Crippen LogP contribution is 2.66. The molecule has 2 rings (SSSR count). The number of phosphoric acid groups is 3. The summed E-state index contributed by atoms with van der Waals surface area (Å²) in [7, 11) is -17.0. The van der Waals surface area contributed by atoms with Crippen LogP contribution in [-0.2, 0) is 31.6 Å². The van der Waals surface area contributed by atoms with E-state index in [9.17, 15) is 37.8 Å². The topological polar surface area (TPSA) is 276 Å². The van der Waals surface area contributed by atoms with Crippen LogP contribution >= 0.6 is 23.5 Å². The molecule has 0 aliphatic carbocycles. The zero-order chi connectivity index (χ0) is 26.1. The summed E-state index contributed by atoms with van der Waals surface area (Å²) in [5, 5.41) is 10.7. The second-order valence-electron chi connectivity index (χ2n) is 6.71. The Balaban J connectivity index is 2.34. The molecule has 1 aliphatic rings. The lowest BCUT2D eigenvalue weighted by Crippen LogP contribution is -2.55. The third-order valence-corrected chi connectivity index (χ3v) is 8.08. The number of nitrogens with zero attached hydrogens (tertiary/aromatic N) is 2. The standard InChI is InChI=1S/C13H20FN4O13P3/c1-7(29-33(24,25)31-34(26,27)30-32(21,22)23)9-10(19)13(16,4-2-5-14)11(28-9)18-6-3-8(15)17-12(18)20/h3,6-7,9-11,19H,5,16H2,1H3,(H,24,25)(H,26,27)(H2,15,17,20)(H2,21,22,23)/t7-,9-,10+,11-,13?/m1/s1. The summed E-state index contributed by atoms with van der Waals surface area (Å²) in [4.78, 5) is 51.8. The van der Waals surface area contributed by atoms with Gasteiger partial charge in [0.2, 0.25) is 0 Å². The van der Waals surface area contributed by atoms with Gasteiger partial charge in [0.05, 0.1) is 6.10 Å². The molecule has 0 aromatic carbocycles. The first-order valence-electron chi connectivity index (χ1n) is 8.76. The molecule has 1 aromatic heterocycles. The predicted molar refractivity (Wildman–Crippen MR) is 108 cm³/mol. The number of halogens is 1. The van der Waals surface area contributed by atoms with Gasteiger partial charge >= 0.3 is 29.2 Å². The fourth-order valence-electron chi connectivity index (χ4n) is 2.91. The molecule has 3 unspecified atom stereocenters. The maximum atomic E-state index is 12.7. The molecule has 9 N–H and O–H groups in total. The van der Waals surface area contributed by atoms with Crippen molar-refractivity contribution in [2.24, 2.45) is 5.73 Å². The van der Waals surface area contributed by atoms with Crippen LogP contribution in [0.2, 0.25) is 0 Å². The Morgan fingerprint density at radius 2 is 1.91 bits per heavy atom. The number of aliphatic hydroxyl groups is 1. The van der Waals surface area contributed by atoms with Crippen molar-refractivity contribution in [1.29, 1.82) is 0 Å². The molecule has 21 heteroatoms. The van der Waals surface area contributed by atoms with Gasteiger partial charge in [0.15, 0.2) is 11.8 Å². The quantitative estimate of drug-likeness (QED) is 0.142. The Hall–Kier alpha value is -1.54. The number of ether oxygens (including phenoxy) is 1. The molecule has 0 radical (unpaired) electrons. The van der Waals surface area contributed by atoms with E-state index in [0.717, 1.165) is 17.7 Å². The van der Waals surface area contributed by atoms with Gasteiger partial charge in [0.25, 0.3) is 0 Å². The third kappa shape index (κ3) is 7.00. The highest BCUT2D eigenvalue weighted by molar-refractivity contribution is 7.66. The number of nitrogen functional groups attached to an aromatic ring is 1. The third-order valence-electron chi connectivity index (χ3n) is 4.15. The van der Waals surface area contributed by atoms with Crippen LogP contribution in [0.4, 0.5) is 10.2 Å². The Bertz CT molecular complexity index is 1180. The van der Waals surface area contributed by atoms with Crippen molar-refractivity contribution < 1.29 is 60.6 Å². The average Bonchev–Trinajstić information content (AvgIpc) is 2.88. The molecule has 2 heterocycles. The van der Waals surface area contributed by atoms with Crippen molar-refractivity contribution in [2.75, 3.05) is 12.4 Å². The van der Waals surface area contributed by atoms with Crippen LogP contribution in [0.1, 0.15) is 13.2 Å². The summed E-state index contributed by atoms with van der Waals surface area (Å²) in [6, 6.07) is 1.17. The normalized spacial score (nSPS) is 29.5. The van der Waals surface area contributed by atoms with Gasteiger partial charge in [0, 0.05) is 6.20 Å². The zero-order valence-electron chi connectivity index (χ0n) is 16.9. The van der Waals surface area contributed by atoms with Gasteiger partial charge in [-0.15, -0.1) is 0 Å². The van der Waals surface area contributed by atoms with E-state index in [1.807, 2.05) is 5.92 Å². The molecule has 1 aliphatic heterocycles. The van der Waals surface area contributed by atoms with E-state index >= 15 is 0 Å². The van der Waals surface area contributed by atoms with E-state index < -0.39 is 65.9 Å². The molecule has 0 bridgehead atoms. The summed E-state index contributed by atoms with van der Waals surface area (Å²) in [5.41, 5.74) is 8.30. The molecule has 7 atom stereocenters. The Kier molecular flexibility index (Phi) is 8.62. The van der Waals surface area contributed by atoms with E-state index in [0.29, 0.717) is 0 Å². The number of alkyl halides is 1. The van der Waals surface area contributed by atoms with Crippen LogP contribution in [0.15, 0.2) is 17.1 Å². The van der Waals surface area contributed by atoms with Crippen LogP contribution in [0.3, 0.4) is 0 Å². The minimum Gasteiger partial charge on any atom is -0.387 e. The van der Waals surface area contributed by atoms with Crippen LogP contribution in [0.25, 0.3) is 0 Å². The van der Waals surface area contributed by atoms with E-state index in [1.54, 1.807) is 0 Å². The average molecular weight is 552 g/mol. The van der Waals surface area contributed by atoms with Crippen molar-refractivity contribution in [3.63, 3.8) is 0 Å². The molecule has 1 aromatic rings. The Labute approximate surface area is 189 Å². The molecule has 0 spiro atoms. The van der Waals surface area contributed by atoms with E-state index in [2.05, 4.69) is 24.0 Å². The van der Waals surface area contributed by atoms with Gasteiger partial charge in [-0.3, -0.25) is 9.09 Å². The fraction of sp³-hybridized carbons (Fsp3) is 0.538. The summed E-state index contributed by atoms with van der Waals surface area (Å²) in [6.07, 6.45) is -5.92. The monoisotopic (exact) mass is 552 g/mol. The van der Waals surface area contributed by atoms with Crippen molar-refractivity contribution in [2.45, 2.75) is 37.0 Å². The van der Waals surface area contributed by atoms with Gasteiger partial charge in [0.1, 0.15) is 24.7 Å². The maximum Gasteiger partial charge on any atom is 0.490 e. The SMILES string of the molecule is C[C@@H](OP(=O)(O)OP(=O)(O)OP(=O)(O)O)[C@H]1O[C@@H](n2ccc(N)nc2=O)C(N)(C#CCF)[C@H]1O. The Morgan fingerprint density at radius 3 is 2.44 bits per heavy atom. The number of aliphatic hydroxyl groups excluding tert-OH is 1. The summed E-state index contributed by atoms with van der Waals surface area (Å²) >= 11 is 0. The zero-order valence-corrected chi connectivity index (χ0v) is 19.6. The van der Waals surface area contributed by atoms with Crippen molar-refractivity contribution in [3.05, 3.63) is 22.7 Å². The minimum atomic E-state index is -5.81. The predicted octanol–water partition coefficient (Wildman–Crippen LogP) is -1.51. The molecule has 192 valence electrons. The van der Waals surface area contributed by atoms with Crippen LogP contribution in [0, 0.1) is 11.8 Å². The number of nitrogens with two attached hydrogens (primary N) is 2. The Morgan fingerprint density at radius 1 is 1.29 bits per heavy atom. The molecule has 34 heavy (non-hydrogen) atoms. The molecular formula is C13H20FN4O13P3. The first-order valence-corrected chi connectivity index (χ1v) is 13.3. The van der Waals surface area contributed by atoms with Crippen molar-refractivity contribution in [3.8, 4) is 11.8 Å². The van der Waals surface area contributed by atoms with Crippen molar-refractivity contribution in [1.82, 2.24) is 9.55 Å². The number of aromatic nitrogens is 2. The fourth-order valence-corrected chi connectivity index (χ4v) is 6.11. The second-order valence-corrected chi connectivity index (χ2v) is 11.1. The van der Waals surface area contributed by atoms with E-state index in [1.165, 1.54) is 6.07 Å². The van der Waals surface area contributed by atoms with Gasteiger partial charge in [-0.1, -0.05) is 11.8 Å². The highest BCUT2D eigenvalue weighted by Gasteiger charge is 2.57. The van der Waals surface area contributed by atoms with E-state index in [4.69, 9.17) is 26.0 Å². The largest absolute Gasteiger partial charge is 0.490 e. The maximum absolute atomic E-state index is 12.7. The number of phosphoric ester groups is 1. The minimum absolute atomic E-state index is 0.171. The number of anilines is 1. The van der Waals surface area contributed by atoms with E-state index in [-0.39, 0.29) is 5.82 Å². The lowest BCUT2D eigenvalue weighted by atomic mass is 9.90. The second kappa shape index (κ2) is 10.2. The van der Waals surface area contributed by atoms with Crippen LogP contribution < -0.4 is 17.2 Å². The van der Waals surface area contributed by atoms with Crippen molar-refractivity contribution >= 4 is 29.3 Å². The highest BCUT2D eigenvalue weighted by atomic mass is 31.3. The lowest BCUT2D eigenvalue weighted by Gasteiger charge is -2.28. The molecule has 1 saturated heterocycles. The summed E-state index contributed by atoms with van der Waals surface area (Å²) < 4.78 is 65.0. The van der Waals surface area contributed by atoms with Gasteiger partial charge in [-0.05, 0) is 13.0 Å². The smallest absolute Gasteiger partial charge is 0.387 e. The first kappa shape index (κ1) is 28.7. The number of hydrogen-bond acceptors (Lipinski definition) is 12. The lowest BCUT2D eigenvalue weighted by molar-refractivity contribution is -0.0754. The van der Waals surface area contributed by atoms with Gasteiger partial charge in [-0.25, -0.2) is 22.9 Å². The van der Waals surface area contributed by atoms with Gasteiger partial charge < -0.3 is 40.9 Å². The molecular weight excluding hydrogens is 532 g/mol. The summed E-state index contributed by atoms with van der Waals surface area (Å²) in [6.45, 7) is -0.198. The molecule has 0 saturated carbocycles. The molecule has 17 nitrogen and oxygen atoms in total. The van der Waals surface area contributed by atoms with Gasteiger partial charge in [-0.2, -0.15) is 13.6 Å². The number of rotatable bonds is 8. The first-order chi connectivity index (χ1) is 15.4. The number of hydrogen-bond donors (Lipinski definition) is 7. The van der Waals surface area contributed by atoms with Crippen LogP contribution in [0.5, 0.6) is 0 Å². The molecule has 1 fully saturated rings. The van der Waals surface area contributed by atoms with Crippen LogP contribution in [-0.4, -0.2) is 64.8 Å². The molecule has 0 amide bonds.